The number of anilines is 1. The summed E-state index contributed by atoms with van der Waals surface area (Å²) in [5.74, 6) is 1.04. The standard InChI is InChI=1S/C13H16FN3/c14-10-4-1-5-11-12(10)16-13(15)17(11)8-2-3-9-6-7-9/h1,4-5,9H,2-3,6-8H2,(H2,15,16). The number of hydrogen-bond donors (Lipinski definition) is 1. The molecule has 1 saturated carbocycles. The van der Waals surface area contributed by atoms with Crippen LogP contribution in [-0.2, 0) is 6.54 Å². The fourth-order valence-electron chi connectivity index (χ4n) is 2.31. The SMILES string of the molecule is Nc1nc2c(F)cccc2n1CCCC1CC1. The lowest BCUT2D eigenvalue weighted by Gasteiger charge is -2.05. The van der Waals surface area contributed by atoms with Crippen LogP contribution in [0.4, 0.5) is 10.3 Å². The number of imidazole rings is 1. The first-order valence-corrected chi connectivity index (χ1v) is 6.16. The van der Waals surface area contributed by atoms with Gasteiger partial charge in [-0.15, -0.1) is 0 Å². The van der Waals surface area contributed by atoms with E-state index in [1.807, 2.05) is 10.6 Å². The van der Waals surface area contributed by atoms with Gasteiger partial charge in [-0.05, 0) is 30.9 Å². The molecule has 1 aromatic heterocycles. The number of para-hydroxylation sites is 1. The summed E-state index contributed by atoms with van der Waals surface area (Å²) in [7, 11) is 0. The van der Waals surface area contributed by atoms with Crippen molar-refractivity contribution in [2.75, 3.05) is 5.73 Å². The van der Waals surface area contributed by atoms with Crippen molar-refractivity contribution in [3.05, 3.63) is 24.0 Å². The monoisotopic (exact) mass is 233 g/mol. The van der Waals surface area contributed by atoms with Crippen molar-refractivity contribution < 1.29 is 4.39 Å². The van der Waals surface area contributed by atoms with Gasteiger partial charge in [0.25, 0.3) is 0 Å². The lowest BCUT2D eigenvalue weighted by molar-refractivity contribution is 0.590. The third-order valence-electron chi connectivity index (χ3n) is 3.45. The maximum atomic E-state index is 13.5. The van der Waals surface area contributed by atoms with Gasteiger partial charge in [0.05, 0.1) is 5.52 Å². The van der Waals surface area contributed by atoms with Crippen LogP contribution in [0.3, 0.4) is 0 Å². The Hall–Kier alpha value is -1.58. The van der Waals surface area contributed by atoms with Crippen LogP contribution in [0.5, 0.6) is 0 Å². The maximum absolute atomic E-state index is 13.5. The highest BCUT2D eigenvalue weighted by atomic mass is 19.1. The smallest absolute Gasteiger partial charge is 0.201 e. The van der Waals surface area contributed by atoms with E-state index >= 15 is 0 Å². The summed E-state index contributed by atoms with van der Waals surface area (Å²) in [6, 6.07) is 5.00. The van der Waals surface area contributed by atoms with E-state index in [1.54, 1.807) is 6.07 Å². The molecular formula is C13H16FN3. The Bertz CT molecular complexity index is 543. The van der Waals surface area contributed by atoms with Crippen molar-refractivity contribution in [2.45, 2.75) is 32.2 Å². The molecule has 0 atom stereocenters. The van der Waals surface area contributed by atoms with E-state index < -0.39 is 0 Å². The molecule has 0 bridgehead atoms. The molecular weight excluding hydrogens is 217 g/mol. The Morgan fingerprint density at radius 2 is 2.24 bits per heavy atom. The fraction of sp³-hybridized carbons (Fsp3) is 0.462. The second-order valence-electron chi connectivity index (χ2n) is 4.81. The Balaban J connectivity index is 1.86. The molecule has 3 rings (SSSR count). The van der Waals surface area contributed by atoms with Gasteiger partial charge in [0.2, 0.25) is 5.95 Å². The molecule has 1 aliphatic rings. The summed E-state index contributed by atoms with van der Waals surface area (Å²) in [6.45, 7) is 0.836. The second-order valence-corrected chi connectivity index (χ2v) is 4.81. The van der Waals surface area contributed by atoms with Crippen molar-refractivity contribution in [1.82, 2.24) is 9.55 Å². The molecule has 3 nitrogen and oxygen atoms in total. The summed E-state index contributed by atoms with van der Waals surface area (Å²) in [5, 5.41) is 0. The predicted octanol–water partition coefficient (Wildman–Crippen LogP) is 2.95. The van der Waals surface area contributed by atoms with E-state index in [4.69, 9.17) is 5.73 Å². The van der Waals surface area contributed by atoms with Gasteiger partial charge in [0, 0.05) is 6.54 Å². The highest BCUT2D eigenvalue weighted by Crippen LogP contribution is 2.34. The minimum atomic E-state index is -0.296. The Kier molecular flexibility index (Phi) is 2.50. The van der Waals surface area contributed by atoms with E-state index in [0.717, 1.165) is 24.4 Å². The molecule has 0 spiro atoms. The van der Waals surface area contributed by atoms with E-state index in [0.29, 0.717) is 11.5 Å². The number of nitrogens with zero attached hydrogens (tertiary/aromatic N) is 2. The molecule has 2 aromatic rings. The molecule has 0 saturated heterocycles. The molecule has 1 aliphatic carbocycles. The van der Waals surface area contributed by atoms with Crippen molar-refractivity contribution in [3.63, 3.8) is 0 Å². The Morgan fingerprint density at radius 3 is 3.00 bits per heavy atom. The van der Waals surface area contributed by atoms with E-state index in [2.05, 4.69) is 4.98 Å². The van der Waals surface area contributed by atoms with Gasteiger partial charge in [-0.3, -0.25) is 0 Å². The van der Waals surface area contributed by atoms with Crippen LogP contribution in [0.2, 0.25) is 0 Å². The minimum absolute atomic E-state index is 0.296. The van der Waals surface area contributed by atoms with Crippen LogP contribution in [-0.4, -0.2) is 9.55 Å². The average Bonchev–Trinajstić information content (AvgIpc) is 3.06. The van der Waals surface area contributed by atoms with Crippen LogP contribution in [0.25, 0.3) is 11.0 Å². The molecule has 4 heteroatoms. The number of benzene rings is 1. The van der Waals surface area contributed by atoms with Crippen molar-refractivity contribution in [2.24, 2.45) is 5.92 Å². The number of fused-ring (bicyclic) bond motifs is 1. The Morgan fingerprint density at radius 1 is 1.41 bits per heavy atom. The van der Waals surface area contributed by atoms with Crippen LogP contribution in [0, 0.1) is 11.7 Å². The molecule has 90 valence electrons. The summed E-state index contributed by atoms with van der Waals surface area (Å²) >= 11 is 0. The predicted molar refractivity (Wildman–Crippen MR) is 66.1 cm³/mol. The molecule has 0 radical (unpaired) electrons. The summed E-state index contributed by atoms with van der Waals surface area (Å²) < 4.78 is 15.4. The number of nitrogen functional groups attached to an aromatic ring is 1. The zero-order valence-corrected chi connectivity index (χ0v) is 9.69. The first-order chi connectivity index (χ1) is 8.25. The molecule has 17 heavy (non-hydrogen) atoms. The van der Waals surface area contributed by atoms with Crippen LogP contribution < -0.4 is 5.73 Å². The number of aryl methyl sites for hydroxylation is 1. The quantitative estimate of drug-likeness (QED) is 0.882. The van der Waals surface area contributed by atoms with Gasteiger partial charge in [0.15, 0.2) is 5.82 Å². The van der Waals surface area contributed by atoms with E-state index in [9.17, 15) is 4.39 Å². The normalized spacial score (nSPS) is 15.6. The van der Waals surface area contributed by atoms with Crippen molar-refractivity contribution in [1.29, 1.82) is 0 Å². The number of nitrogens with two attached hydrogens (primary N) is 1. The molecule has 1 fully saturated rings. The first kappa shape index (κ1) is 10.6. The number of halogens is 1. The first-order valence-electron chi connectivity index (χ1n) is 6.16. The van der Waals surface area contributed by atoms with Gasteiger partial charge in [-0.25, -0.2) is 9.37 Å². The van der Waals surface area contributed by atoms with E-state index in [1.165, 1.54) is 25.3 Å². The topological polar surface area (TPSA) is 43.8 Å². The summed E-state index contributed by atoms with van der Waals surface area (Å²) in [5.41, 5.74) is 7.03. The van der Waals surface area contributed by atoms with Gasteiger partial charge in [0.1, 0.15) is 5.52 Å². The Labute approximate surface area is 99.4 Å². The van der Waals surface area contributed by atoms with Crippen molar-refractivity contribution >= 4 is 17.0 Å². The summed E-state index contributed by atoms with van der Waals surface area (Å²) in [6.07, 6.45) is 5.08. The van der Waals surface area contributed by atoms with Crippen molar-refractivity contribution in [3.8, 4) is 0 Å². The fourth-order valence-corrected chi connectivity index (χ4v) is 2.31. The van der Waals surface area contributed by atoms with Gasteiger partial charge >= 0.3 is 0 Å². The van der Waals surface area contributed by atoms with Gasteiger partial charge in [-0.2, -0.15) is 0 Å². The largest absolute Gasteiger partial charge is 0.369 e. The van der Waals surface area contributed by atoms with Crippen LogP contribution >= 0.6 is 0 Å². The zero-order valence-electron chi connectivity index (χ0n) is 9.69. The number of hydrogen-bond acceptors (Lipinski definition) is 2. The lowest BCUT2D eigenvalue weighted by atomic mass is 10.2. The number of aromatic nitrogens is 2. The third kappa shape index (κ3) is 1.99. The molecule has 0 amide bonds. The van der Waals surface area contributed by atoms with Gasteiger partial charge in [-0.1, -0.05) is 18.9 Å². The van der Waals surface area contributed by atoms with E-state index in [-0.39, 0.29) is 5.82 Å². The zero-order chi connectivity index (χ0) is 11.8. The average molecular weight is 233 g/mol. The highest BCUT2D eigenvalue weighted by molar-refractivity contribution is 5.78. The number of rotatable bonds is 4. The highest BCUT2D eigenvalue weighted by Gasteiger charge is 2.20. The van der Waals surface area contributed by atoms with Gasteiger partial charge < -0.3 is 10.3 Å². The van der Waals surface area contributed by atoms with Crippen LogP contribution in [0.1, 0.15) is 25.7 Å². The lowest BCUT2D eigenvalue weighted by Crippen LogP contribution is -2.03. The second kappa shape index (κ2) is 4.02. The summed E-state index contributed by atoms with van der Waals surface area (Å²) in [4.78, 5) is 4.09. The molecule has 0 unspecified atom stereocenters. The van der Waals surface area contributed by atoms with Crippen LogP contribution in [0.15, 0.2) is 18.2 Å². The maximum Gasteiger partial charge on any atom is 0.201 e. The molecule has 0 aliphatic heterocycles. The molecule has 1 heterocycles. The minimum Gasteiger partial charge on any atom is -0.369 e. The molecule has 1 aromatic carbocycles. The third-order valence-corrected chi connectivity index (χ3v) is 3.45. The molecule has 2 N–H and O–H groups in total.